The second kappa shape index (κ2) is 2.58. The third-order valence-corrected chi connectivity index (χ3v) is 4.65. The molecule has 0 radical (unpaired) electrons. The van der Waals surface area contributed by atoms with E-state index in [2.05, 4.69) is 5.14 Å². The summed E-state index contributed by atoms with van der Waals surface area (Å²) in [5, 5.41) is 2.71. The number of sulfonamides is 1. The standard InChI is InChI=1S/C4H9NO4S2/c5-11(8,9)3-2(6)1-10-4(3)7/h3H,1H2,10H4,(H2,5,8,9). The number of hydrogen-bond donors (Lipinski definition) is 1. The zero-order chi connectivity index (χ0) is 8.65. The number of Topliss-reactive ketones (excluding diaryl/α,β-unsaturated/α-hetero) is 1. The molecule has 1 aliphatic heterocycles. The highest BCUT2D eigenvalue weighted by Gasteiger charge is 2.39. The van der Waals surface area contributed by atoms with Crippen LogP contribution in [0.3, 0.4) is 0 Å². The van der Waals surface area contributed by atoms with E-state index >= 15 is 0 Å². The van der Waals surface area contributed by atoms with Gasteiger partial charge in [0.2, 0.25) is 10.0 Å². The SMILES string of the molecule is NS(=O)(=O)C1C(=O)C[SH4]C1=O. The second-order valence-electron chi connectivity index (χ2n) is 2.40. The highest BCUT2D eigenvalue weighted by Crippen LogP contribution is 2.20. The number of nitrogens with two attached hydrogens (primary N) is 1. The van der Waals surface area contributed by atoms with E-state index in [1.54, 1.807) is 0 Å². The fourth-order valence-corrected chi connectivity index (χ4v) is 4.44. The van der Waals surface area contributed by atoms with Crippen molar-refractivity contribution in [3.05, 3.63) is 0 Å². The molecule has 11 heavy (non-hydrogen) atoms. The van der Waals surface area contributed by atoms with Crippen LogP contribution in [-0.4, -0.2) is 30.3 Å². The van der Waals surface area contributed by atoms with Crippen molar-refractivity contribution in [2.24, 2.45) is 5.14 Å². The normalized spacial score (nSPS) is 26.8. The fraction of sp³-hybridized carbons (Fsp3) is 0.500. The molecular formula is C4H9NO4S2. The fourth-order valence-electron chi connectivity index (χ4n) is 1.05. The van der Waals surface area contributed by atoms with E-state index in [4.69, 9.17) is 0 Å². The van der Waals surface area contributed by atoms with E-state index in [0.717, 1.165) is 0 Å². The zero-order valence-electron chi connectivity index (χ0n) is 5.61. The van der Waals surface area contributed by atoms with Crippen molar-refractivity contribution >= 4 is 32.7 Å². The van der Waals surface area contributed by atoms with E-state index in [1.807, 2.05) is 0 Å². The number of primary sulfonamides is 1. The molecule has 0 bridgehead atoms. The number of hydrogen-bond acceptors (Lipinski definition) is 4. The van der Waals surface area contributed by atoms with Crippen LogP contribution in [0.25, 0.3) is 0 Å². The van der Waals surface area contributed by atoms with Gasteiger partial charge in [0.25, 0.3) is 0 Å². The van der Waals surface area contributed by atoms with E-state index in [0.29, 0.717) is 0 Å². The summed E-state index contributed by atoms with van der Waals surface area (Å²) in [5.74, 6) is -0.385. The van der Waals surface area contributed by atoms with Gasteiger partial charge in [-0.3, -0.25) is 21.4 Å². The van der Waals surface area contributed by atoms with Crippen molar-refractivity contribution in [2.75, 3.05) is 5.75 Å². The predicted octanol–water partition coefficient (Wildman–Crippen LogP) is -2.58. The van der Waals surface area contributed by atoms with Crippen LogP contribution in [0.5, 0.6) is 0 Å². The van der Waals surface area contributed by atoms with E-state index in [-0.39, 0.29) is 5.75 Å². The van der Waals surface area contributed by atoms with Crippen LogP contribution in [0.4, 0.5) is 0 Å². The molecule has 1 aliphatic rings. The van der Waals surface area contributed by atoms with Gasteiger partial charge in [-0.05, 0) is 0 Å². The predicted molar refractivity (Wildman–Crippen MR) is 44.9 cm³/mol. The molecule has 7 heteroatoms. The van der Waals surface area contributed by atoms with Gasteiger partial charge in [0.05, 0.1) is 0 Å². The maximum Gasteiger partial charge on any atom is 0.227 e. The molecule has 1 saturated heterocycles. The Hall–Kier alpha value is -0.400. The Bertz CT molecular complexity index is 290. The largest absolute Gasteiger partial charge is 0.297 e. The van der Waals surface area contributed by atoms with Gasteiger partial charge in [-0.15, -0.1) is 0 Å². The Balaban J connectivity index is 3.05. The molecular weight excluding hydrogens is 190 g/mol. The van der Waals surface area contributed by atoms with Crippen LogP contribution < -0.4 is 5.14 Å². The molecule has 5 nitrogen and oxygen atoms in total. The molecule has 1 fully saturated rings. The Morgan fingerprint density at radius 1 is 1.45 bits per heavy atom. The summed E-state index contributed by atoms with van der Waals surface area (Å²) in [4.78, 5) is 21.6. The first-order valence-corrected chi connectivity index (χ1v) is 6.31. The number of carbonyl (C=O) groups excluding carboxylic acids is 2. The van der Waals surface area contributed by atoms with Crippen LogP contribution in [-0.2, 0) is 19.6 Å². The lowest BCUT2D eigenvalue weighted by Gasteiger charge is -2.00. The summed E-state index contributed by atoms with van der Waals surface area (Å²) >= 11 is -1.15. The Morgan fingerprint density at radius 3 is 2.18 bits per heavy atom. The van der Waals surface area contributed by atoms with E-state index in [9.17, 15) is 18.0 Å². The minimum atomic E-state index is -3.97. The van der Waals surface area contributed by atoms with Crippen LogP contribution in [0.2, 0.25) is 0 Å². The maximum atomic E-state index is 10.8. The van der Waals surface area contributed by atoms with Crippen molar-refractivity contribution in [1.29, 1.82) is 0 Å². The molecule has 1 heterocycles. The monoisotopic (exact) mass is 199 g/mol. The lowest BCUT2D eigenvalue weighted by molar-refractivity contribution is -0.119. The van der Waals surface area contributed by atoms with Gasteiger partial charge in [-0.25, -0.2) is 13.6 Å². The third-order valence-electron chi connectivity index (χ3n) is 1.53. The first-order valence-electron chi connectivity index (χ1n) is 3.00. The van der Waals surface area contributed by atoms with Gasteiger partial charge in [0, 0.05) is 5.75 Å². The molecule has 0 saturated carbocycles. The van der Waals surface area contributed by atoms with Crippen LogP contribution >= 0.6 is 11.8 Å². The van der Waals surface area contributed by atoms with Gasteiger partial charge in [-0.1, -0.05) is 0 Å². The highest BCUT2D eigenvalue weighted by atomic mass is 32.2. The summed E-state index contributed by atoms with van der Waals surface area (Å²) in [5.41, 5.74) is 0. The van der Waals surface area contributed by atoms with Crippen molar-refractivity contribution in [3.63, 3.8) is 0 Å². The summed E-state index contributed by atoms with van der Waals surface area (Å²) in [6.45, 7) is 0. The Morgan fingerprint density at radius 2 is 2.00 bits per heavy atom. The maximum absolute atomic E-state index is 10.8. The van der Waals surface area contributed by atoms with Gasteiger partial charge in [0.15, 0.2) is 16.1 Å². The molecule has 0 aliphatic carbocycles. The summed E-state index contributed by atoms with van der Waals surface area (Å²) in [6, 6.07) is 0. The average molecular weight is 199 g/mol. The molecule has 1 unspecified atom stereocenters. The molecule has 2 N–H and O–H groups in total. The van der Waals surface area contributed by atoms with Gasteiger partial charge < -0.3 is 0 Å². The molecule has 1 atom stereocenters. The Kier molecular flexibility index (Phi) is 2.04. The van der Waals surface area contributed by atoms with Crippen molar-refractivity contribution in [2.45, 2.75) is 5.25 Å². The summed E-state index contributed by atoms with van der Waals surface area (Å²) in [7, 11) is -3.97. The molecule has 0 amide bonds. The number of ketones is 1. The minimum absolute atomic E-state index is 0.139. The third kappa shape index (κ3) is 1.60. The number of carbonyl (C=O) groups is 2. The van der Waals surface area contributed by atoms with E-state index < -0.39 is 37.9 Å². The van der Waals surface area contributed by atoms with Crippen molar-refractivity contribution in [1.82, 2.24) is 0 Å². The zero-order valence-corrected chi connectivity index (χ0v) is 7.84. The second-order valence-corrected chi connectivity index (χ2v) is 5.75. The minimum Gasteiger partial charge on any atom is -0.297 e. The van der Waals surface area contributed by atoms with Gasteiger partial charge in [0.1, 0.15) is 0 Å². The molecule has 1 rings (SSSR count). The lowest BCUT2D eigenvalue weighted by Crippen LogP contribution is -2.36. The van der Waals surface area contributed by atoms with Crippen molar-refractivity contribution in [3.8, 4) is 0 Å². The van der Waals surface area contributed by atoms with Crippen LogP contribution in [0, 0.1) is 0 Å². The first kappa shape index (κ1) is 8.69. The van der Waals surface area contributed by atoms with Crippen molar-refractivity contribution < 1.29 is 18.0 Å². The Labute approximate surface area is 67.4 Å². The lowest BCUT2D eigenvalue weighted by atomic mass is 10.3. The smallest absolute Gasteiger partial charge is 0.227 e. The molecule has 66 valence electrons. The van der Waals surface area contributed by atoms with Gasteiger partial charge in [-0.2, -0.15) is 0 Å². The highest BCUT2D eigenvalue weighted by molar-refractivity contribution is 8.17. The molecule has 0 aromatic heterocycles. The average Bonchev–Trinajstić information content (AvgIpc) is 2.08. The first-order chi connectivity index (χ1) is 4.93. The quantitative estimate of drug-likeness (QED) is 0.469. The van der Waals surface area contributed by atoms with E-state index in [1.165, 1.54) is 0 Å². The summed E-state index contributed by atoms with van der Waals surface area (Å²) in [6.07, 6.45) is 0. The van der Waals surface area contributed by atoms with Crippen LogP contribution in [0.1, 0.15) is 0 Å². The van der Waals surface area contributed by atoms with Crippen LogP contribution in [0.15, 0.2) is 0 Å². The molecule has 0 spiro atoms. The molecule has 0 aromatic carbocycles. The molecule has 0 aromatic rings. The van der Waals surface area contributed by atoms with Gasteiger partial charge >= 0.3 is 0 Å². The topological polar surface area (TPSA) is 94.3 Å². The summed E-state index contributed by atoms with van der Waals surface area (Å²) < 4.78 is 21.2. The number of rotatable bonds is 1.